The van der Waals surface area contributed by atoms with Crippen LogP contribution < -0.4 is 10.9 Å². The number of amides is 2. The molecule has 96 valence electrons. The zero-order valence-electron chi connectivity index (χ0n) is 9.98. The second-order valence-electron chi connectivity index (χ2n) is 4.51. The molecule has 0 bridgehead atoms. The fourth-order valence-corrected chi connectivity index (χ4v) is 2.08. The molecule has 1 aliphatic rings. The lowest BCUT2D eigenvalue weighted by molar-refractivity contribution is -0.139. The van der Waals surface area contributed by atoms with Gasteiger partial charge in [-0.25, -0.2) is 0 Å². The zero-order valence-corrected chi connectivity index (χ0v) is 9.98. The van der Waals surface area contributed by atoms with E-state index in [1.54, 1.807) is 30.3 Å². The van der Waals surface area contributed by atoms with E-state index in [0.717, 1.165) is 12.8 Å². The molecule has 0 aliphatic heterocycles. The molecule has 1 aromatic rings. The van der Waals surface area contributed by atoms with Gasteiger partial charge in [0.15, 0.2) is 0 Å². The summed E-state index contributed by atoms with van der Waals surface area (Å²) in [4.78, 5) is 23.4. The van der Waals surface area contributed by atoms with Crippen molar-refractivity contribution in [3.8, 4) is 0 Å². The fourth-order valence-electron chi connectivity index (χ4n) is 2.08. The van der Waals surface area contributed by atoms with E-state index < -0.39 is 17.4 Å². The highest BCUT2D eigenvalue weighted by Crippen LogP contribution is 2.29. The van der Waals surface area contributed by atoms with E-state index in [-0.39, 0.29) is 0 Å². The lowest BCUT2D eigenvalue weighted by Gasteiger charge is -2.20. The molecule has 0 radical (unpaired) electrons. The fraction of sp³-hybridized carbons (Fsp3) is 0.385. The van der Waals surface area contributed by atoms with Crippen LogP contribution in [0.4, 0.5) is 0 Å². The molecule has 5 heteroatoms. The normalized spacial score (nSPS) is 17.2. The van der Waals surface area contributed by atoms with Crippen LogP contribution in [-0.2, 0) is 4.79 Å². The molecule has 0 spiro atoms. The van der Waals surface area contributed by atoms with Crippen LogP contribution in [0, 0.1) is 0 Å². The Hall–Kier alpha value is -1.88. The monoisotopic (exact) mass is 248 g/mol. The minimum atomic E-state index is -1.33. The second-order valence-corrected chi connectivity index (χ2v) is 4.51. The molecule has 0 heterocycles. The maximum Gasteiger partial charge on any atom is 0.270 e. The van der Waals surface area contributed by atoms with E-state index in [2.05, 4.69) is 10.9 Å². The van der Waals surface area contributed by atoms with E-state index in [9.17, 15) is 14.7 Å². The molecule has 1 fully saturated rings. The predicted octanol–water partition coefficient (Wildman–Crippen LogP) is 0.753. The number of aliphatic hydroxyl groups is 1. The molecule has 2 rings (SSSR count). The summed E-state index contributed by atoms with van der Waals surface area (Å²) < 4.78 is 0. The minimum absolute atomic E-state index is 0.398. The minimum Gasteiger partial charge on any atom is -0.380 e. The highest BCUT2D eigenvalue weighted by Gasteiger charge is 2.38. The zero-order chi connectivity index (χ0) is 13.0. The molecule has 1 saturated carbocycles. The van der Waals surface area contributed by atoms with Crippen molar-refractivity contribution >= 4 is 11.8 Å². The van der Waals surface area contributed by atoms with E-state index in [1.807, 2.05) is 0 Å². The molecule has 2 amide bonds. The lowest BCUT2D eigenvalue weighted by Crippen LogP contribution is -2.52. The molecule has 0 unspecified atom stereocenters. The molecule has 1 aliphatic carbocycles. The van der Waals surface area contributed by atoms with E-state index in [1.165, 1.54) is 0 Å². The third-order valence-corrected chi connectivity index (χ3v) is 3.18. The largest absolute Gasteiger partial charge is 0.380 e. The molecule has 0 aromatic heterocycles. The third-order valence-electron chi connectivity index (χ3n) is 3.18. The molecule has 3 N–H and O–H groups in total. The second kappa shape index (κ2) is 5.18. The number of rotatable bonds is 2. The van der Waals surface area contributed by atoms with E-state index >= 15 is 0 Å². The first-order chi connectivity index (χ1) is 8.62. The Bertz CT molecular complexity index is 439. The summed E-state index contributed by atoms with van der Waals surface area (Å²) in [6, 6.07) is 8.57. The van der Waals surface area contributed by atoms with Crippen LogP contribution in [0.2, 0.25) is 0 Å². The van der Waals surface area contributed by atoms with Gasteiger partial charge in [-0.2, -0.15) is 0 Å². The summed E-state index contributed by atoms with van der Waals surface area (Å²) in [7, 11) is 0. The first-order valence-corrected chi connectivity index (χ1v) is 6.00. The Morgan fingerprint density at radius 1 is 1.06 bits per heavy atom. The van der Waals surface area contributed by atoms with Gasteiger partial charge >= 0.3 is 0 Å². The molecule has 1 aromatic carbocycles. The van der Waals surface area contributed by atoms with Crippen LogP contribution in [0.15, 0.2) is 30.3 Å². The van der Waals surface area contributed by atoms with Gasteiger partial charge in [-0.05, 0) is 37.8 Å². The molecule has 0 atom stereocenters. The maximum absolute atomic E-state index is 11.7. The van der Waals surface area contributed by atoms with Crippen LogP contribution in [0.1, 0.15) is 36.0 Å². The number of hydrogen-bond acceptors (Lipinski definition) is 3. The summed E-state index contributed by atoms with van der Waals surface area (Å²) >= 11 is 0. The Labute approximate surface area is 105 Å². The smallest absolute Gasteiger partial charge is 0.270 e. The molecule has 0 saturated heterocycles. The number of carbonyl (C=O) groups is 2. The van der Waals surface area contributed by atoms with Crippen LogP contribution in [0.25, 0.3) is 0 Å². The maximum atomic E-state index is 11.7. The Morgan fingerprint density at radius 3 is 2.28 bits per heavy atom. The topological polar surface area (TPSA) is 78.4 Å². The van der Waals surface area contributed by atoms with Gasteiger partial charge in [0, 0.05) is 5.56 Å². The number of carbonyl (C=O) groups excluding carboxylic acids is 2. The standard InChI is InChI=1S/C13H16N2O3/c16-11(10-6-2-1-3-7-10)14-15-12(17)13(18)8-4-5-9-13/h1-3,6-7,18H,4-5,8-9H2,(H,14,16)(H,15,17). The van der Waals surface area contributed by atoms with E-state index in [4.69, 9.17) is 0 Å². The van der Waals surface area contributed by atoms with Gasteiger partial charge in [0.1, 0.15) is 5.60 Å². The highest BCUT2D eigenvalue weighted by molar-refractivity contribution is 5.96. The molecular weight excluding hydrogens is 232 g/mol. The number of benzene rings is 1. The van der Waals surface area contributed by atoms with Crippen molar-refractivity contribution < 1.29 is 14.7 Å². The van der Waals surface area contributed by atoms with Gasteiger partial charge in [0.2, 0.25) is 0 Å². The van der Waals surface area contributed by atoms with Crippen molar-refractivity contribution in [1.29, 1.82) is 0 Å². The summed E-state index contributed by atoms with van der Waals surface area (Å²) in [6.45, 7) is 0. The molecule has 5 nitrogen and oxygen atoms in total. The average Bonchev–Trinajstić information content (AvgIpc) is 2.85. The van der Waals surface area contributed by atoms with Gasteiger partial charge in [0.25, 0.3) is 11.8 Å². The van der Waals surface area contributed by atoms with Crippen LogP contribution >= 0.6 is 0 Å². The summed E-state index contributed by atoms with van der Waals surface area (Å²) in [6.07, 6.45) is 2.55. The van der Waals surface area contributed by atoms with E-state index in [0.29, 0.717) is 18.4 Å². The van der Waals surface area contributed by atoms with Crippen molar-refractivity contribution in [3.05, 3.63) is 35.9 Å². The average molecular weight is 248 g/mol. The quantitative estimate of drug-likeness (QED) is 0.676. The predicted molar refractivity (Wildman–Crippen MR) is 65.5 cm³/mol. The first-order valence-electron chi connectivity index (χ1n) is 6.00. The van der Waals surface area contributed by atoms with Crippen molar-refractivity contribution in [1.82, 2.24) is 10.9 Å². The van der Waals surface area contributed by atoms with Crippen LogP contribution in [0.5, 0.6) is 0 Å². The van der Waals surface area contributed by atoms with Gasteiger partial charge in [-0.15, -0.1) is 0 Å². The summed E-state index contributed by atoms with van der Waals surface area (Å²) in [5.41, 5.74) is 3.70. The van der Waals surface area contributed by atoms with Crippen molar-refractivity contribution in [3.63, 3.8) is 0 Å². The third kappa shape index (κ3) is 2.68. The van der Waals surface area contributed by atoms with Crippen molar-refractivity contribution in [2.24, 2.45) is 0 Å². The van der Waals surface area contributed by atoms with Gasteiger partial charge < -0.3 is 5.11 Å². The summed E-state index contributed by atoms with van der Waals surface area (Å²) in [5.74, 6) is -0.935. The highest BCUT2D eigenvalue weighted by atomic mass is 16.3. The van der Waals surface area contributed by atoms with Crippen LogP contribution in [0.3, 0.4) is 0 Å². The first kappa shape index (κ1) is 12.6. The Morgan fingerprint density at radius 2 is 1.67 bits per heavy atom. The van der Waals surface area contributed by atoms with Gasteiger partial charge in [0.05, 0.1) is 0 Å². The number of hydrazine groups is 1. The Kier molecular flexibility index (Phi) is 3.62. The lowest BCUT2D eigenvalue weighted by atomic mass is 10.0. The molecule has 18 heavy (non-hydrogen) atoms. The molecular formula is C13H16N2O3. The number of hydrogen-bond donors (Lipinski definition) is 3. The van der Waals surface area contributed by atoms with Gasteiger partial charge in [-0.3, -0.25) is 20.4 Å². The number of nitrogens with one attached hydrogen (secondary N) is 2. The van der Waals surface area contributed by atoms with Gasteiger partial charge in [-0.1, -0.05) is 18.2 Å². The van der Waals surface area contributed by atoms with Crippen molar-refractivity contribution in [2.45, 2.75) is 31.3 Å². The van der Waals surface area contributed by atoms with Crippen molar-refractivity contribution in [2.75, 3.05) is 0 Å². The summed E-state index contributed by atoms with van der Waals surface area (Å²) in [5, 5.41) is 9.98. The van der Waals surface area contributed by atoms with Crippen LogP contribution in [-0.4, -0.2) is 22.5 Å². The SMILES string of the molecule is O=C(NNC(=O)C1(O)CCCC1)c1ccccc1. The Balaban J connectivity index is 1.88.